The predicted molar refractivity (Wildman–Crippen MR) is 117 cm³/mol. The van der Waals surface area contributed by atoms with Crippen LogP contribution in [0.4, 0.5) is 10.1 Å². The highest BCUT2D eigenvalue weighted by Crippen LogP contribution is 2.20. The lowest BCUT2D eigenvalue weighted by molar-refractivity contribution is -0.116. The van der Waals surface area contributed by atoms with Crippen LogP contribution in [0.5, 0.6) is 0 Å². The Morgan fingerprint density at radius 3 is 2.58 bits per heavy atom. The Bertz CT molecular complexity index is 1340. The number of carbonyl (C=O) groups excluding carboxylic acids is 1. The Labute approximate surface area is 178 Å². The van der Waals surface area contributed by atoms with Crippen LogP contribution in [0.3, 0.4) is 0 Å². The molecule has 7 nitrogen and oxygen atoms in total. The van der Waals surface area contributed by atoms with Crippen LogP contribution >= 0.6 is 0 Å². The number of benzene rings is 2. The Kier molecular flexibility index (Phi) is 5.37. The molecular weight excluding hydrogens is 397 g/mol. The number of aryl methyl sites for hydroxylation is 4. The molecule has 0 aliphatic rings. The molecule has 0 radical (unpaired) electrons. The average Bonchev–Trinajstić information content (AvgIpc) is 3.09. The number of rotatable bonds is 5. The second kappa shape index (κ2) is 8.14. The van der Waals surface area contributed by atoms with Crippen LogP contribution in [0.25, 0.3) is 16.9 Å². The molecule has 0 aliphatic heterocycles. The molecule has 8 heteroatoms. The molecule has 0 atom stereocenters. The van der Waals surface area contributed by atoms with Gasteiger partial charge >= 0.3 is 0 Å². The molecule has 2 heterocycles. The van der Waals surface area contributed by atoms with Crippen LogP contribution in [0, 0.1) is 19.7 Å². The summed E-state index contributed by atoms with van der Waals surface area (Å²) in [5.74, 6) is -0.627. The van der Waals surface area contributed by atoms with Gasteiger partial charge in [0.15, 0.2) is 5.65 Å². The summed E-state index contributed by atoms with van der Waals surface area (Å²) in [6, 6.07) is 13.7. The minimum Gasteiger partial charge on any atom is -0.326 e. The van der Waals surface area contributed by atoms with Crippen LogP contribution in [-0.4, -0.2) is 25.2 Å². The summed E-state index contributed by atoms with van der Waals surface area (Å²) in [5, 5.41) is 7.31. The van der Waals surface area contributed by atoms with Crippen molar-refractivity contribution in [3.63, 3.8) is 0 Å². The van der Waals surface area contributed by atoms with E-state index < -0.39 is 0 Å². The summed E-state index contributed by atoms with van der Waals surface area (Å²) in [6.07, 6.45) is 0.265. The van der Waals surface area contributed by atoms with E-state index in [1.807, 2.05) is 37.3 Å². The molecule has 0 aliphatic carbocycles. The third-order valence-electron chi connectivity index (χ3n) is 5.17. The van der Waals surface area contributed by atoms with E-state index in [1.165, 1.54) is 22.8 Å². The molecule has 0 unspecified atom stereocenters. The van der Waals surface area contributed by atoms with Crippen molar-refractivity contribution < 1.29 is 9.18 Å². The fourth-order valence-corrected chi connectivity index (χ4v) is 3.54. The highest BCUT2D eigenvalue weighted by atomic mass is 19.1. The van der Waals surface area contributed by atoms with Crippen molar-refractivity contribution in [2.24, 2.45) is 7.05 Å². The number of aromatic nitrogens is 4. The zero-order chi connectivity index (χ0) is 22.1. The van der Waals surface area contributed by atoms with Gasteiger partial charge in [-0.3, -0.25) is 14.2 Å². The number of halogens is 1. The highest BCUT2D eigenvalue weighted by molar-refractivity contribution is 5.91. The fraction of sp³-hybridized carbons (Fsp3) is 0.217. The van der Waals surface area contributed by atoms with Crippen molar-refractivity contribution in [1.82, 2.24) is 19.3 Å². The van der Waals surface area contributed by atoms with Crippen molar-refractivity contribution in [1.29, 1.82) is 0 Å². The largest absolute Gasteiger partial charge is 0.326 e. The van der Waals surface area contributed by atoms with E-state index in [0.717, 1.165) is 5.69 Å². The van der Waals surface area contributed by atoms with Gasteiger partial charge in [0.1, 0.15) is 17.0 Å². The average molecular weight is 419 g/mol. The van der Waals surface area contributed by atoms with Crippen LogP contribution in [-0.2, 0) is 18.3 Å². The molecule has 4 aromatic rings. The molecular formula is C23H22FN5O2. The van der Waals surface area contributed by atoms with Gasteiger partial charge in [0.05, 0.1) is 11.4 Å². The van der Waals surface area contributed by atoms with E-state index in [-0.39, 0.29) is 30.1 Å². The first-order chi connectivity index (χ1) is 14.8. The third-order valence-corrected chi connectivity index (χ3v) is 5.17. The van der Waals surface area contributed by atoms with Crippen molar-refractivity contribution in [2.75, 3.05) is 5.32 Å². The number of nitrogens with zero attached hydrogens (tertiary/aromatic N) is 4. The normalized spacial score (nSPS) is 11.1. The number of para-hydroxylation sites is 1. The van der Waals surface area contributed by atoms with Crippen LogP contribution in [0.2, 0.25) is 0 Å². The second-order valence-corrected chi connectivity index (χ2v) is 7.44. The lowest BCUT2D eigenvalue weighted by Crippen LogP contribution is -2.25. The fourth-order valence-electron chi connectivity index (χ4n) is 3.54. The molecule has 2 aromatic heterocycles. The quantitative estimate of drug-likeness (QED) is 0.537. The SMILES string of the molecule is Cc1cc(F)ccc1NC(=O)CCc1nc2c(C)nn(-c3ccccc3)c2n(C)c1=O. The van der Waals surface area contributed by atoms with Gasteiger partial charge in [-0.05, 0) is 49.7 Å². The monoisotopic (exact) mass is 419 g/mol. The molecule has 31 heavy (non-hydrogen) atoms. The number of hydrogen-bond donors (Lipinski definition) is 1. The number of hydrogen-bond acceptors (Lipinski definition) is 4. The lowest BCUT2D eigenvalue weighted by atomic mass is 10.1. The Morgan fingerprint density at radius 2 is 1.87 bits per heavy atom. The van der Waals surface area contributed by atoms with Crippen molar-refractivity contribution in [2.45, 2.75) is 26.7 Å². The molecule has 0 spiro atoms. The maximum atomic E-state index is 13.2. The van der Waals surface area contributed by atoms with Gasteiger partial charge in [-0.2, -0.15) is 5.10 Å². The van der Waals surface area contributed by atoms with E-state index in [4.69, 9.17) is 0 Å². The van der Waals surface area contributed by atoms with Gasteiger partial charge in [0.2, 0.25) is 5.91 Å². The summed E-state index contributed by atoms with van der Waals surface area (Å²) in [5.41, 5.74) is 3.96. The van der Waals surface area contributed by atoms with E-state index in [0.29, 0.717) is 33.8 Å². The molecule has 2 aromatic carbocycles. The predicted octanol–water partition coefficient (Wildman–Crippen LogP) is 3.45. The topological polar surface area (TPSA) is 81.8 Å². The summed E-state index contributed by atoms with van der Waals surface area (Å²) < 4.78 is 16.5. The van der Waals surface area contributed by atoms with Gasteiger partial charge < -0.3 is 5.32 Å². The number of nitrogens with one attached hydrogen (secondary N) is 1. The lowest BCUT2D eigenvalue weighted by Gasteiger charge is -2.10. The minimum absolute atomic E-state index is 0.0798. The van der Waals surface area contributed by atoms with Crippen molar-refractivity contribution in [3.05, 3.63) is 81.7 Å². The van der Waals surface area contributed by atoms with Gasteiger partial charge in [-0.15, -0.1) is 0 Å². The first-order valence-electron chi connectivity index (χ1n) is 9.92. The smallest absolute Gasteiger partial charge is 0.273 e. The number of carbonyl (C=O) groups is 1. The Balaban J connectivity index is 1.60. The van der Waals surface area contributed by atoms with E-state index in [9.17, 15) is 14.0 Å². The summed E-state index contributed by atoms with van der Waals surface area (Å²) >= 11 is 0. The summed E-state index contributed by atoms with van der Waals surface area (Å²) in [6.45, 7) is 3.56. The number of anilines is 1. The molecule has 0 fully saturated rings. The molecule has 0 saturated carbocycles. The van der Waals surface area contributed by atoms with Gasteiger partial charge in [0, 0.05) is 25.6 Å². The zero-order valence-corrected chi connectivity index (χ0v) is 17.5. The number of fused-ring (bicyclic) bond motifs is 1. The molecule has 0 saturated heterocycles. The van der Waals surface area contributed by atoms with Crippen LogP contribution in [0.15, 0.2) is 53.3 Å². The first kappa shape index (κ1) is 20.5. The number of amides is 1. The standard InChI is InChI=1S/C23H22FN5O2/c1-14-13-16(24)9-10-18(14)25-20(30)12-11-19-23(31)28(3)22-21(26-19)15(2)27-29(22)17-7-5-4-6-8-17/h4-10,13H,11-12H2,1-3H3,(H,25,30). The van der Waals surface area contributed by atoms with Gasteiger partial charge in [-0.1, -0.05) is 18.2 Å². The first-order valence-corrected chi connectivity index (χ1v) is 9.92. The maximum Gasteiger partial charge on any atom is 0.273 e. The highest BCUT2D eigenvalue weighted by Gasteiger charge is 2.18. The van der Waals surface area contributed by atoms with Gasteiger partial charge in [0.25, 0.3) is 5.56 Å². The van der Waals surface area contributed by atoms with Crippen molar-refractivity contribution in [3.8, 4) is 5.69 Å². The second-order valence-electron chi connectivity index (χ2n) is 7.44. The zero-order valence-electron chi connectivity index (χ0n) is 17.5. The van der Waals surface area contributed by atoms with E-state index in [1.54, 1.807) is 18.7 Å². The summed E-state index contributed by atoms with van der Waals surface area (Å²) in [4.78, 5) is 29.8. The van der Waals surface area contributed by atoms with Gasteiger partial charge in [-0.25, -0.2) is 14.1 Å². The molecule has 1 amide bonds. The molecule has 0 bridgehead atoms. The van der Waals surface area contributed by atoms with E-state index in [2.05, 4.69) is 15.4 Å². The minimum atomic E-state index is -0.358. The molecule has 4 rings (SSSR count). The molecule has 1 N–H and O–H groups in total. The Morgan fingerprint density at radius 1 is 1.13 bits per heavy atom. The van der Waals surface area contributed by atoms with E-state index >= 15 is 0 Å². The molecule has 158 valence electrons. The maximum absolute atomic E-state index is 13.2. The van der Waals surface area contributed by atoms with Crippen LogP contribution < -0.4 is 10.9 Å². The van der Waals surface area contributed by atoms with Crippen LogP contribution in [0.1, 0.15) is 23.4 Å². The third kappa shape index (κ3) is 3.96. The van der Waals surface area contributed by atoms with Crippen molar-refractivity contribution >= 4 is 22.8 Å². The summed E-state index contributed by atoms with van der Waals surface area (Å²) in [7, 11) is 1.68. The Hall–Kier alpha value is -3.81.